The van der Waals surface area contributed by atoms with E-state index in [1.165, 1.54) is 18.9 Å². The number of nitrogens with zero attached hydrogens (tertiary/aromatic N) is 1. The van der Waals surface area contributed by atoms with Gasteiger partial charge in [0.15, 0.2) is 0 Å². The van der Waals surface area contributed by atoms with Crippen LogP contribution in [0.4, 0.5) is 4.79 Å². The van der Waals surface area contributed by atoms with Gasteiger partial charge in [-0.3, -0.25) is 4.90 Å². The molecule has 0 saturated heterocycles. The van der Waals surface area contributed by atoms with E-state index in [0.717, 1.165) is 0 Å². The number of carbonyl (C=O) groups excluding carboxylic acids is 1. The fourth-order valence-corrected chi connectivity index (χ4v) is 1.83. The quantitative estimate of drug-likeness (QED) is 0.905. The molecule has 6 nitrogen and oxygen atoms in total. The summed E-state index contributed by atoms with van der Waals surface area (Å²) in [5.74, 6) is -0.505. The Kier molecular flexibility index (Phi) is 5.79. The number of carboxylic acids is 1. The van der Waals surface area contributed by atoms with Gasteiger partial charge >= 0.3 is 12.1 Å². The van der Waals surface area contributed by atoms with E-state index in [9.17, 15) is 14.7 Å². The third kappa shape index (κ3) is 4.95. The maximum atomic E-state index is 12.3. The zero-order chi connectivity index (χ0) is 16.9. The van der Waals surface area contributed by atoms with Crippen LogP contribution in [0.5, 0.6) is 5.75 Å². The summed E-state index contributed by atoms with van der Waals surface area (Å²) in [4.78, 5) is 24.8. The first-order valence-electron chi connectivity index (χ1n) is 7.00. The van der Waals surface area contributed by atoms with Crippen molar-refractivity contribution < 1.29 is 24.2 Å². The number of para-hydroxylation sites is 1. The summed E-state index contributed by atoms with van der Waals surface area (Å²) in [6, 6.07) is 6.13. The zero-order valence-corrected chi connectivity index (χ0v) is 13.6. The van der Waals surface area contributed by atoms with Crippen molar-refractivity contribution >= 4 is 12.1 Å². The molecule has 1 unspecified atom stereocenters. The predicted molar refractivity (Wildman–Crippen MR) is 81.9 cm³/mol. The minimum Gasteiger partial charge on any atom is -0.496 e. The van der Waals surface area contributed by atoms with Crippen molar-refractivity contribution in [3.05, 3.63) is 29.8 Å². The summed E-state index contributed by atoms with van der Waals surface area (Å²) in [6.07, 6.45) is -0.673. The van der Waals surface area contributed by atoms with E-state index in [0.29, 0.717) is 11.3 Å². The smallest absolute Gasteiger partial charge is 0.411 e. The maximum absolute atomic E-state index is 12.3. The van der Waals surface area contributed by atoms with Crippen molar-refractivity contribution in [3.63, 3.8) is 0 Å². The lowest BCUT2D eigenvalue weighted by Gasteiger charge is -2.30. The first-order valence-corrected chi connectivity index (χ1v) is 7.00. The molecule has 1 atom stereocenters. The van der Waals surface area contributed by atoms with Crippen LogP contribution < -0.4 is 4.74 Å². The van der Waals surface area contributed by atoms with E-state index in [1.54, 1.807) is 45.0 Å². The molecule has 1 N–H and O–H groups in total. The van der Waals surface area contributed by atoms with Gasteiger partial charge in [-0.1, -0.05) is 18.2 Å². The predicted octanol–water partition coefficient (Wildman–Crippen LogP) is 2.91. The Hall–Kier alpha value is -2.24. The molecule has 0 saturated carbocycles. The highest BCUT2D eigenvalue weighted by atomic mass is 16.6. The van der Waals surface area contributed by atoms with Crippen LogP contribution in [0, 0.1) is 0 Å². The number of carbonyl (C=O) groups is 2. The SMILES string of the molecule is COc1ccccc1CN(C(=O)OC(C)(C)C)C(C)C(=O)O. The molecule has 0 fully saturated rings. The van der Waals surface area contributed by atoms with Gasteiger partial charge in [-0.05, 0) is 33.8 Å². The van der Waals surface area contributed by atoms with Crippen molar-refractivity contribution in [2.75, 3.05) is 7.11 Å². The second-order valence-corrected chi connectivity index (χ2v) is 5.93. The Balaban J connectivity index is 3.05. The molecular formula is C16H23NO5. The van der Waals surface area contributed by atoms with Gasteiger partial charge in [0, 0.05) is 5.56 Å². The summed E-state index contributed by atoms with van der Waals surface area (Å²) in [6.45, 7) is 6.74. The van der Waals surface area contributed by atoms with Crippen LogP contribution in [0.2, 0.25) is 0 Å². The van der Waals surface area contributed by atoms with Gasteiger partial charge in [-0.15, -0.1) is 0 Å². The molecule has 0 heterocycles. The van der Waals surface area contributed by atoms with Gasteiger partial charge < -0.3 is 14.6 Å². The first kappa shape index (κ1) is 17.8. The van der Waals surface area contributed by atoms with Gasteiger partial charge in [0.25, 0.3) is 0 Å². The van der Waals surface area contributed by atoms with E-state index in [2.05, 4.69) is 0 Å². The Labute approximate surface area is 130 Å². The lowest BCUT2D eigenvalue weighted by atomic mass is 10.1. The number of amides is 1. The average molecular weight is 309 g/mol. The van der Waals surface area contributed by atoms with Crippen molar-refractivity contribution in [1.29, 1.82) is 0 Å². The molecule has 22 heavy (non-hydrogen) atoms. The second-order valence-electron chi connectivity index (χ2n) is 5.93. The number of carboxylic acid groups (broad SMARTS) is 1. The number of aliphatic carboxylic acids is 1. The number of hydrogen-bond donors (Lipinski definition) is 1. The Morgan fingerprint density at radius 2 is 1.86 bits per heavy atom. The molecule has 0 aliphatic rings. The summed E-state index contributed by atoms with van der Waals surface area (Å²) in [7, 11) is 1.53. The van der Waals surface area contributed by atoms with Crippen LogP contribution in [0.1, 0.15) is 33.3 Å². The molecular weight excluding hydrogens is 286 g/mol. The number of hydrogen-bond acceptors (Lipinski definition) is 4. The monoisotopic (exact) mass is 309 g/mol. The highest BCUT2D eigenvalue weighted by molar-refractivity contribution is 5.79. The van der Waals surface area contributed by atoms with Crippen LogP contribution in [-0.2, 0) is 16.1 Å². The average Bonchev–Trinajstić information content (AvgIpc) is 2.42. The Bertz CT molecular complexity index is 536. The standard InChI is InChI=1S/C16H23NO5/c1-11(14(18)19)17(15(20)22-16(2,3)4)10-12-8-6-7-9-13(12)21-5/h6-9,11H,10H2,1-5H3,(H,18,19). The highest BCUT2D eigenvalue weighted by Crippen LogP contribution is 2.22. The van der Waals surface area contributed by atoms with Crippen LogP contribution >= 0.6 is 0 Å². The largest absolute Gasteiger partial charge is 0.496 e. The molecule has 0 aromatic heterocycles. The molecule has 0 bridgehead atoms. The molecule has 1 aromatic carbocycles. The summed E-state index contributed by atoms with van der Waals surface area (Å²) in [5, 5.41) is 9.22. The minimum atomic E-state index is -1.10. The second kappa shape index (κ2) is 7.15. The molecule has 0 spiro atoms. The molecule has 1 amide bonds. The van der Waals surface area contributed by atoms with Crippen LogP contribution in [0.15, 0.2) is 24.3 Å². The van der Waals surface area contributed by atoms with Crippen molar-refractivity contribution in [2.24, 2.45) is 0 Å². The highest BCUT2D eigenvalue weighted by Gasteiger charge is 2.30. The van der Waals surface area contributed by atoms with Crippen LogP contribution in [0.3, 0.4) is 0 Å². The molecule has 0 aliphatic carbocycles. The normalized spacial score (nSPS) is 12.4. The van der Waals surface area contributed by atoms with E-state index in [-0.39, 0.29) is 6.54 Å². The lowest BCUT2D eigenvalue weighted by Crippen LogP contribution is -2.45. The molecule has 0 radical (unpaired) electrons. The van der Waals surface area contributed by atoms with E-state index in [4.69, 9.17) is 9.47 Å². The fraction of sp³-hybridized carbons (Fsp3) is 0.500. The lowest BCUT2D eigenvalue weighted by molar-refractivity contribution is -0.142. The van der Waals surface area contributed by atoms with Gasteiger partial charge in [-0.25, -0.2) is 9.59 Å². The first-order chi connectivity index (χ1) is 10.2. The third-order valence-corrected chi connectivity index (χ3v) is 2.99. The Morgan fingerprint density at radius 3 is 2.36 bits per heavy atom. The van der Waals surface area contributed by atoms with E-state index in [1.807, 2.05) is 0 Å². The topological polar surface area (TPSA) is 76.1 Å². The molecule has 0 aliphatic heterocycles. The zero-order valence-electron chi connectivity index (χ0n) is 13.6. The van der Waals surface area contributed by atoms with E-state index < -0.39 is 23.7 Å². The fourth-order valence-electron chi connectivity index (χ4n) is 1.83. The number of methoxy groups -OCH3 is 1. The maximum Gasteiger partial charge on any atom is 0.411 e. The number of benzene rings is 1. The Morgan fingerprint density at radius 1 is 1.27 bits per heavy atom. The van der Waals surface area contributed by atoms with Gasteiger partial charge in [0.05, 0.1) is 13.7 Å². The number of ether oxygens (including phenoxy) is 2. The molecule has 122 valence electrons. The van der Waals surface area contributed by atoms with Gasteiger partial charge in [0.1, 0.15) is 17.4 Å². The minimum absolute atomic E-state index is 0.0897. The van der Waals surface area contributed by atoms with E-state index >= 15 is 0 Å². The van der Waals surface area contributed by atoms with Gasteiger partial charge in [0.2, 0.25) is 0 Å². The molecule has 6 heteroatoms. The van der Waals surface area contributed by atoms with Crippen molar-refractivity contribution in [3.8, 4) is 5.75 Å². The third-order valence-electron chi connectivity index (χ3n) is 2.99. The van der Waals surface area contributed by atoms with Crippen LogP contribution in [-0.4, -0.2) is 40.8 Å². The number of rotatable bonds is 5. The molecule has 1 aromatic rings. The van der Waals surface area contributed by atoms with Gasteiger partial charge in [-0.2, -0.15) is 0 Å². The summed E-state index contributed by atoms with van der Waals surface area (Å²) >= 11 is 0. The molecule has 1 rings (SSSR count). The van der Waals surface area contributed by atoms with Crippen molar-refractivity contribution in [2.45, 2.75) is 45.9 Å². The van der Waals surface area contributed by atoms with Crippen LogP contribution in [0.25, 0.3) is 0 Å². The summed E-state index contributed by atoms with van der Waals surface area (Å²) in [5.41, 5.74) is 0.0119. The van der Waals surface area contributed by atoms with Crippen molar-refractivity contribution in [1.82, 2.24) is 4.90 Å². The summed E-state index contributed by atoms with van der Waals surface area (Å²) < 4.78 is 10.5.